The van der Waals surface area contributed by atoms with Crippen molar-refractivity contribution < 1.29 is 14.3 Å². The number of benzene rings is 1. The van der Waals surface area contributed by atoms with Gasteiger partial charge in [-0.3, -0.25) is 9.69 Å². The number of hydrogen-bond donors (Lipinski definition) is 1. The number of halogens is 1. The van der Waals surface area contributed by atoms with Gasteiger partial charge >= 0.3 is 5.97 Å². The van der Waals surface area contributed by atoms with Gasteiger partial charge in [-0.05, 0) is 36.6 Å². The molecule has 0 bridgehead atoms. The number of hydrogen-bond acceptors (Lipinski definition) is 2. The van der Waals surface area contributed by atoms with E-state index in [0.717, 1.165) is 12.1 Å². The van der Waals surface area contributed by atoms with Gasteiger partial charge in [-0.25, -0.2) is 4.39 Å². The Balaban J connectivity index is 2.08. The summed E-state index contributed by atoms with van der Waals surface area (Å²) < 4.78 is 13.1. The van der Waals surface area contributed by atoms with Crippen molar-refractivity contribution in [3.8, 4) is 0 Å². The zero-order valence-corrected chi connectivity index (χ0v) is 11.4. The Hall–Kier alpha value is -1.42. The second kappa shape index (κ2) is 5.29. The first-order chi connectivity index (χ1) is 8.94. The van der Waals surface area contributed by atoms with E-state index in [-0.39, 0.29) is 11.7 Å². The highest BCUT2D eigenvalue weighted by Crippen LogP contribution is 2.38. The van der Waals surface area contributed by atoms with Crippen LogP contribution in [0.4, 0.5) is 4.39 Å². The maximum Gasteiger partial charge on any atom is 0.311 e. The van der Waals surface area contributed by atoms with Crippen LogP contribution in [0.3, 0.4) is 0 Å². The van der Waals surface area contributed by atoms with Crippen LogP contribution in [0.5, 0.6) is 0 Å². The number of carbonyl (C=O) groups is 1. The van der Waals surface area contributed by atoms with Crippen molar-refractivity contribution in [1.29, 1.82) is 0 Å². The Kier molecular flexibility index (Phi) is 3.90. The minimum absolute atomic E-state index is 0.0995. The highest BCUT2D eigenvalue weighted by atomic mass is 19.1. The number of nitrogens with zero attached hydrogens (tertiary/aromatic N) is 1. The Labute approximate surface area is 113 Å². The standard InChI is InChI=1S/C15H20FNO2/c1-11(2)15(14(18)19)6-7-17(10-15)9-12-4-3-5-13(16)8-12/h3-5,8,11H,6-7,9-10H2,1-2H3,(H,18,19). The Morgan fingerprint density at radius 1 is 1.53 bits per heavy atom. The van der Waals surface area contributed by atoms with Gasteiger partial charge in [-0.2, -0.15) is 0 Å². The summed E-state index contributed by atoms with van der Waals surface area (Å²) in [6.07, 6.45) is 0.662. The number of carboxylic acid groups (broad SMARTS) is 1. The molecule has 1 N–H and O–H groups in total. The Bertz CT molecular complexity index is 475. The lowest BCUT2D eigenvalue weighted by molar-refractivity contribution is -0.151. The van der Waals surface area contributed by atoms with Gasteiger partial charge in [-0.1, -0.05) is 26.0 Å². The van der Waals surface area contributed by atoms with Crippen molar-refractivity contribution in [2.45, 2.75) is 26.8 Å². The Morgan fingerprint density at radius 3 is 2.79 bits per heavy atom. The van der Waals surface area contributed by atoms with Crippen molar-refractivity contribution in [3.63, 3.8) is 0 Å². The summed E-state index contributed by atoms with van der Waals surface area (Å²) in [4.78, 5) is 13.6. The van der Waals surface area contributed by atoms with Crippen LogP contribution in [-0.4, -0.2) is 29.1 Å². The number of likely N-dealkylation sites (tertiary alicyclic amines) is 1. The number of aliphatic carboxylic acids is 1. The molecule has 0 saturated carbocycles. The maximum absolute atomic E-state index is 13.1. The van der Waals surface area contributed by atoms with Gasteiger partial charge in [0.15, 0.2) is 0 Å². The predicted octanol–water partition coefficient (Wildman–Crippen LogP) is 2.76. The Morgan fingerprint density at radius 2 is 2.26 bits per heavy atom. The lowest BCUT2D eigenvalue weighted by atomic mass is 9.76. The van der Waals surface area contributed by atoms with E-state index in [4.69, 9.17) is 0 Å². The molecule has 1 atom stereocenters. The van der Waals surface area contributed by atoms with E-state index in [2.05, 4.69) is 4.90 Å². The van der Waals surface area contributed by atoms with E-state index in [1.165, 1.54) is 12.1 Å². The fourth-order valence-corrected chi connectivity index (χ4v) is 2.84. The highest BCUT2D eigenvalue weighted by Gasteiger charge is 2.46. The van der Waals surface area contributed by atoms with Crippen LogP contribution in [0.15, 0.2) is 24.3 Å². The van der Waals surface area contributed by atoms with Crippen molar-refractivity contribution in [2.75, 3.05) is 13.1 Å². The predicted molar refractivity (Wildman–Crippen MR) is 71.2 cm³/mol. The van der Waals surface area contributed by atoms with E-state index >= 15 is 0 Å². The van der Waals surface area contributed by atoms with Crippen LogP contribution in [0.2, 0.25) is 0 Å². The molecule has 104 valence electrons. The average molecular weight is 265 g/mol. The zero-order valence-electron chi connectivity index (χ0n) is 11.4. The quantitative estimate of drug-likeness (QED) is 0.910. The fraction of sp³-hybridized carbons (Fsp3) is 0.533. The molecule has 0 amide bonds. The highest BCUT2D eigenvalue weighted by molar-refractivity contribution is 5.75. The van der Waals surface area contributed by atoms with Crippen molar-refractivity contribution in [3.05, 3.63) is 35.6 Å². The molecule has 0 aromatic heterocycles. The van der Waals surface area contributed by atoms with Gasteiger partial charge in [0, 0.05) is 13.1 Å². The van der Waals surface area contributed by atoms with Gasteiger partial charge in [0.2, 0.25) is 0 Å². The first-order valence-corrected chi connectivity index (χ1v) is 6.64. The molecule has 3 nitrogen and oxygen atoms in total. The van der Waals surface area contributed by atoms with Crippen LogP contribution in [0, 0.1) is 17.2 Å². The van der Waals surface area contributed by atoms with Crippen LogP contribution in [0.25, 0.3) is 0 Å². The summed E-state index contributed by atoms with van der Waals surface area (Å²) >= 11 is 0. The molecule has 1 fully saturated rings. The fourth-order valence-electron chi connectivity index (χ4n) is 2.84. The second-order valence-electron chi connectivity index (χ2n) is 5.71. The van der Waals surface area contributed by atoms with Crippen molar-refractivity contribution >= 4 is 5.97 Å². The molecule has 1 aliphatic heterocycles. The molecule has 1 unspecified atom stereocenters. The van der Waals surface area contributed by atoms with E-state index in [9.17, 15) is 14.3 Å². The largest absolute Gasteiger partial charge is 0.481 e. The summed E-state index contributed by atoms with van der Waals surface area (Å²) in [6.45, 7) is 5.82. The van der Waals surface area contributed by atoms with Crippen molar-refractivity contribution in [1.82, 2.24) is 4.90 Å². The molecular formula is C15H20FNO2. The molecule has 1 heterocycles. The van der Waals surface area contributed by atoms with Crippen LogP contribution < -0.4 is 0 Å². The van der Waals surface area contributed by atoms with Gasteiger partial charge < -0.3 is 5.11 Å². The molecule has 4 heteroatoms. The van der Waals surface area contributed by atoms with Gasteiger partial charge in [0.05, 0.1) is 5.41 Å². The molecule has 1 saturated heterocycles. The third-order valence-corrected chi connectivity index (χ3v) is 4.21. The van der Waals surface area contributed by atoms with Crippen LogP contribution in [-0.2, 0) is 11.3 Å². The first kappa shape index (κ1) is 14.0. The zero-order chi connectivity index (χ0) is 14.0. The average Bonchev–Trinajstić information content (AvgIpc) is 2.74. The van der Waals surface area contributed by atoms with Gasteiger partial charge in [-0.15, -0.1) is 0 Å². The number of carboxylic acids is 1. The smallest absolute Gasteiger partial charge is 0.311 e. The summed E-state index contributed by atoms with van der Waals surface area (Å²) in [6, 6.07) is 6.49. The minimum atomic E-state index is -0.718. The van der Waals surface area contributed by atoms with Crippen LogP contribution in [0.1, 0.15) is 25.8 Å². The summed E-state index contributed by atoms with van der Waals surface area (Å²) in [5.41, 5.74) is 0.234. The van der Waals surface area contributed by atoms with E-state index < -0.39 is 11.4 Å². The van der Waals surface area contributed by atoms with E-state index in [0.29, 0.717) is 19.5 Å². The normalized spacial score (nSPS) is 24.0. The molecule has 0 spiro atoms. The molecule has 19 heavy (non-hydrogen) atoms. The number of rotatable bonds is 4. The second-order valence-corrected chi connectivity index (χ2v) is 5.71. The molecule has 2 rings (SSSR count). The molecule has 1 aromatic rings. The third kappa shape index (κ3) is 2.78. The molecule has 1 aliphatic rings. The topological polar surface area (TPSA) is 40.5 Å². The maximum atomic E-state index is 13.1. The summed E-state index contributed by atoms with van der Waals surface area (Å²) in [7, 11) is 0. The lowest BCUT2D eigenvalue weighted by Crippen LogP contribution is -2.39. The molecular weight excluding hydrogens is 245 g/mol. The molecule has 0 aliphatic carbocycles. The van der Waals surface area contributed by atoms with E-state index in [1.807, 2.05) is 19.9 Å². The molecule has 0 radical (unpaired) electrons. The monoisotopic (exact) mass is 265 g/mol. The minimum Gasteiger partial charge on any atom is -0.481 e. The summed E-state index contributed by atoms with van der Waals surface area (Å²) in [5.74, 6) is -0.864. The van der Waals surface area contributed by atoms with Gasteiger partial charge in [0.25, 0.3) is 0 Å². The van der Waals surface area contributed by atoms with E-state index in [1.54, 1.807) is 6.07 Å². The first-order valence-electron chi connectivity index (χ1n) is 6.64. The van der Waals surface area contributed by atoms with Crippen molar-refractivity contribution in [2.24, 2.45) is 11.3 Å². The SMILES string of the molecule is CC(C)C1(C(=O)O)CCN(Cc2cccc(F)c2)C1. The molecule has 1 aromatic carbocycles. The van der Waals surface area contributed by atoms with Gasteiger partial charge in [0.1, 0.15) is 5.82 Å². The third-order valence-electron chi connectivity index (χ3n) is 4.21. The van der Waals surface area contributed by atoms with Crippen LogP contribution >= 0.6 is 0 Å². The lowest BCUT2D eigenvalue weighted by Gasteiger charge is -2.28. The summed E-state index contributed by atoms with van der Waals surface area (Å²) in [5, 5.41) is 9.48.